The van der Waals surface area contributed by atoms with Crippen molar-refractivity contribution in [1.29, 1.82) is 0 Å². The minimum absolute atomic E-state index is 0.348. The predicted octanol–water partition coefficient (Wildman–Crippen LogP) is 4.80. The fourth-order valence-corrected chi connectivity index (χ4v) is 3.03. The molecule has 0 saturated carbocycles. The SMILES string of the molecule is Cc1c(CCCl)c(=O)oc2c(C)c(NC(=O)Oc3ccccc3)ccc12. The molecule has 0 spiro atoms. The average Bonchev–Trinajstić information content (AvgIpc) is 2.62. The van der Waals surface area contributed by atoms with Gasteiger partial charge in [0.15, 0.2) is 0 Å². The van der Waals surface area contributed by atoms with Gasteiger partial charge in [-0.1, -0.05) is 18.2 Å². The van der Waals surface area contributed by atoms with Crippen molar-refractivity contribution in [2.45, 2.75) is 20.3 Å². The number of alkyl halides is 1. The molecule has 0 aliphatic rings. The lowest BCUT2D eigenvalue weighted by atomic mass is 10.0. The molecule has 1 heterocycles. The van der Waals surface area contributed by atoms with Crippen LogP contribution in [0.15, 0.2) is 51.7 Å². The number of amides is 1. The lowest BCUT2D eigenvalue weighted by Crippen LogP contribution is -2.18. The summed E-state index contributed by atoms with van der Waals surface area (Å²) in [4.78, 5) is 24.3. The molecule has 0 bridgehead atoms. The van der Waals surface area contributed by atoms with E-state index in [1.807, 2.05) is 19.1 Å². The van der Waals surface area contributed by atoms with E-state index >= 15 is 0 Å². The van der Waals surface area contributed by atoms with Gasteiger partial charge in [0.2, 0.25) is 0 Å². The molecule has 5 nitrogen and oxygen atoms in total. The number of rotatable bonds is 4. The topological polar surface area (TPSA) is 68.5 Å². The highest BCUT2D eigenvalue weighted by Crippen LogP contribution is 2.28. The highest BCUT2D eigenvalue weighted by atomic mass is 35.5. The summed E-state index contributed by atoms with van der Waals surface area (Å²) in [6.07, 6.45) is -0.162. The Balaban J connectivity index is 1.93. The molecule has 2 aromatic carbocycles. The number of nitrogens with one attached hydrogen (secondary N) is 1. The third-order valence-corrected chi connectivity index (χ3v) is 4.43. The molecule has 0 radical (unpaired) electrons. The summed E-state index contributed by atoms with van der Waals surface area (Å²) in [7, 11) is 0. The van der Waals surface area contributed by atoms with Crippen LogP contribution in [0.1, 0.15) is 16.7 Å². The van der Waals surface area contributed by atoms with Crippen molar-refractivity contribution >= 4 is 34.4 Å². The number of aryl methyl sites for hydroxylation is 2. The Labute approximate surface area is 155 Å². The molecule has 134 valence electrons. The zero-order chi connectivity index (χ0) is 18.7. The number of carbonyl (C=O) groups is 1. The molecular weight excluding hydrogens is 354 g/mol. The monoisotopic (exact) mass is 371 g/mol. The number of hydrogen-bond acceptors (Lipinski definition) is 4. The molecule has 0 aliphatic carbocycles. The highest BCUT2D eigenvalue weighted by Gasteiger charge is 2.15. The number of fused-ring (bicyclic) bond motifs is 1. The summed E-state index contributed by atoms with van der Waals surface area (Å²) in [5, 5.41) is 3.51. The second kappa shape index (κ2) is 7.62. The number of benzene rings is 2. The molecule has 0 atom stereocenters. The van der Waals surface area contributed by atoms with Gasteiger partial charge < -0.3 is 9.15 Å². The Morgan fingerprint density at radius 1 is 1.12 bits per heavy atom. The summed E-state index contributed by atoms with van der Waals surface area (Å²) in [5.74, 6) is 0.790. The van der Waals surface area contributed by atoms with Gasteiger partial charge in [-0.25, -0.2) is 9.59 Å². The number of halogens is 1. The molecule has 0 unspecified atom stereocenters. The second-order valence-corrected chi connectivity index (χ2v) is 6.25. The lowest BCUT2D eigenvalue weighted by Gasteiger charge is -2.13. The first kappa shape index (κ1) is 18.0. The van der Waals surface area contributed by atoms with Crippen LogP contribution >= 0.6 is 11.6 Å². The predicted molar refractivity (Wildman–Crippen MR) is 102 cm³/mol. The molecular formula is C20H18ClNO4. The maximum absolute atomic E-state index is 12.2. The van der Waals surface area contributed by atoms with E-state index < -0.39 is 11.7 Å². The Morgan fingerprint density at radius 2 is 1.85 bits per heavy atom. The van der Waals surface area contributed by atoms with E-state index in [1.54, 1.807) is 37.3 Å². The molecule has 1 N–H and O–H groups in total. The van der Waals surface area contributed by atoms with Gasteiger partial charge in [0.1, 0.15) is 11.3 Å². The fraction of sp³-hybridized carbons (Fsp3) is 0.200. The molecule has 1 aromatic heterocycles. The average molecular weight is 372 g/mol. The lowest BCUT2D eigenvalue weighted by molar-refractivity contribution is 0.215. The maximum atomic E-state index is 12.2. The van der Waals surface area contributed by atoms with Crippen molar-refractivity contribution < 1.29 is 13.9 Å². The molecule has 3 aromatic rings. The molecule has 6 heteroatoms. The van der Waals surface area contributed by atoms with E-state index in [1.165, 1.54) is 0 Å². The smallest absolute Gasteiger partial charge is 0.417 e. The van der Waals surface area contributed by atoms with Gasteiger partial charge in [0, 0.05) is 22.4 Å². The van der Waals surface area contributed by atoms with Crippen LogP contribution in [0.2, 0.25) is 0 Å². The van der Waals surface area contributed by atoms with Crippen LogP contribution in [0.4, 0.5) is 10.5 Å². The number of ether oxygens (including phenoxy) is 1. The van der Waals surface area contributed by atoms with Gasteiger partial charge in [0.25, 0.3) is 0 Å². The Hall–Kier alpha value is -2.79. The van der Waals surface area contributed by atoms with Gasteiger partial charge >= 0.3 is 11.7 Å². The van der Waals surface area contributed by atoms with Gasteiger partial charge in [-0.2, -0.15) is 0 Å². The largest absolute Gasteiger partial charge is 0.422 e. The number of anilines is 1. The third-order valence-electron chi connectivity index (χ3n) is 4.24. The summed E-state index contributed by atoms with van der Waals surface area (Å²) in [5.41, 5.74) is 2.65. The van der Waals surface area contributed by atoms with E-state index in [0.29, 0.717) is 40.4 Å². The van der Waals surface area contributed by atoms with Crippen molar-refractivity contribution in [3.05, 3.63) is 69.6 Å². The van der Waals surface area contributed by atoms with E-state index in [9.17, 15) is 9.59 Å². The Bertz CT molecular complexity index is 1010. The van der Waals surface area contributed by atoms with Crippen molar-refractivity contribution in [2.75, 3.05) is 11.2 Å². The summed E-state index contributed by atoms with van der Waals surface area (Å²) >= 11 is 5.77. The minimum Gasteiger partial charge on any atom is -0.422 e. The van der Waals surface area contributed by atoms with Crippen LogP contribution in [0.3, 0.4) is 0 Å². The molecule has 3 rings (SSSR count). The van der Waals surface area contributed by atoms with Gasteiger partial charge in [-0.05, 0) is 50.1 Å². The summed E-state index contributed by atoms with van der Waals surface area (Å²) in [6.45, 7) is 3.65. The van der Waals surface area contributed by atoms with Crippen LogP contribution in [0, 0.1) is 13.8 Å². The first-order chi connectivity index (χ1) is 12.5. The van der Waals surface area contributed by atoms with Crippen LogP contribution in [0.25, 0.3) is 11.0 Å². The van der Waals surface area contributed by atoms with E-state index in [0.717, 1.165) is 10.9 Å². The van der Waals surface area contributed by atoms with E-state index in [4.69, 9.17) is 20.8 Å². The molecule has 26 heavy (non-hydrogen) atoms. The third kappa shape index (κ3) is 3.58. The van der Waals surface area contributed by atoms with Crippen LogP contribution in [-0.4, -0.2) is 12.0 Å². The second-order valence-electron chi connectivity index (χ2n) is 5.87. The fourth-order valence-electron chi connectivity index (χ4n) is 2.84. The molecule has 0 fully saturated rings. The summed E-state index contributed by atoms with van der Waals surface area (Å²) < 4.78 is 10.7. The van der Waals surface area contributed by atoms with Crippen molar-refractivity contribution in [3.8, 4) is 5.75 Å². The quantitative estimate of drug-likeness (QED) is 0.528. The zero-order valence-corrected chi connectivity index (χ0v) is 15.2. The van der Waals surface area contributed by atoms with E-state index in [-0.39, 0.29) is 0 Å². The van der Waals surface area contributed by atoms with Crippen LogP contribution < -0.4 is 15.7 Å². The molecule has 1 amide bonds. The van der Waals surface area contributed by atoms with Gasteiger partial charge in [-0.3, -0.25) is 5.32 Å². The Morgan fingerprint density at radius 3 is 2.54 bits per heavy atom. The first-order valence-electron chi connectivity index (χ1n) is 8.17. The van der Waals surface area contributed by atoms with Crippen molar-refractivity contribution in [3.63, 3.8) is 0 Å². The van der Waals surface area contributed by atoms with Crippen LogP contribution in [-0.2, 0) is 6.42 Å². The molecule has 0 aliphatic heterocycles. The maximum Gasteiger partial charge on any atom is 0.417 e. The van der Waals surface area contributed by atoms with Gasteiger partial charge in [-0.15, -0.1) is 11.6 Å². The Kier molecular flexibility index (Phi) is 5.28. The normalized spacial score (nSPS) is 10.7. The minimum atomic E-state index is -0.614. The van der Waals surface area contributed by atoms with Gasteiger partial charge in [0.05, 0.1) is 5.69 Å². The molecule has 0 saturated heterocycles. The van der Waals surface area contributed by atoms with E-state index in [2.05, 4.69) is 5.32 Å². The number of carbonyl (C=O) groups excluding carboxylic acids is 1. The first-order valence-corrected chi connectivity index (χ1v) is 8.70. The van der Waals surface area contributed by atoms with Crippen molar-refractivity contribution in [2.24, 2.45) is 0 Å². The highest BCUT2D eigenvalue weighted by molar-refractivity contribution is 6.18. The standard InChI is InChI=1S/C20H18ClNO4/c1-12-15-8-9-17(22-20(24)25-14-6-4-3-5-7-14)13(2)18(15)26-19(23)16(12)10-11-21/h3-9H,10-11H2,1-2H3,(H,22,24). The number of hydrogen-bond donors (Lipinski definition) is 1. The summed E-state index contributed by atoms with van der Waals surface area (Å²) in [6, 6.07) is 12.3. The zero-order valence-electron chi connectivity index (χ0n) is 14.5. The number of para-hydroxylation sites is 1. The van der Waals surface area contributed by atoms with Crippen LogP contribution in [0.5, 0.6) is 5.75 Å². The van der Waals surface area contributed by atoms with Crippen molar-refractivity contribution in [1.82, 2.24) is 0 Å².